The monoisotopic (exact) mass is 474 g/mol. The number of phenols is 1. The normalized spacial score (nSPS) is 26.1. The first-order valence-corrected chi connectivity index (χ1v) is 11.4. The zero-order chi connectivity index (χ0) is 24.4. The van der Waals surface area contributed by atoms with Crippen LogP contribution in [0.3, 0.4) is 0 Å². The Hall–Kier alpha value is -2.98. The molecule has 2 aromatic rings. The molecule has 2 saturated heterocycles. The third-order valence-electron chi connectivity index (χ3n) is 6.85. The minimum atomic E-state index is -1.08. The van der Waals surface area contributed by atoms with E-state index in [9.17, 15) is 19.4 Å². The van der Waals surface area contributed by atoms with Crippen molar-refractivity contribution in [2.45, 2.75) is 44.4 Å². The highest BCUT2D eigenvalue weighted by molar-refractivity contribution is 6.03. The van der Waals surface area contributed by atoms with Gasteiger partial charge in [-0.3, -0.25) is 4.79 Å². The maximum Gasteiger partial charge on any atom is 0.261 e. The molecule has 2 atom stereocenters. The number of aromatic hydroxyl groups is 1. The van der Waals surface area contributed by atoms with Crippen molar-refractivity contribution in [3.05, 3.63) is 35.4 Å². The van der Waals surface area contributed by atoms with Crippen LogP contribution in [0, 0.1) is 11.6 Å². The first kappa shape index (κ1) is 22.8. The second-order valence-corrected chi connectivity index (χ2v) is 10.2. The van der Waals surface area contributed by atoms with Gasteiger partial charge in [0.2, 0.25) is 0 Å². The number of carbonyl (C=O) groups is 1. The number of phenolic OH excluding ortho intramolecular Hbond substituents is 1. The standard InChI is InChI=1S/C24H28F2N4O4/c1-23(2)11-24(3,33)12-30(23)21-17-20(34-10-13-9-27-7-8-29(13)22(17)32)18(26)19(28-21)16-14(25)5-4-6-15(16)31/h4-6,13,27,31,33H,7-12H2,1-3H3. The molecule has 2 unspecified atom stereocenters. The Kier molecular flexibility index (Phi) is 5.21. The van der Waals surface area contributed by atoms with Crippen LogP contribution in [0.25, 0.3) is 11.3 Å². The topological polar surface area (TPSA) is 98.2 Å². The average Bonchev–Trinajstić information content (AvgIpc) is 2.89. The van der Waals surface area contributed by atoms with Crippen LogP contribution in [0.5, 0.6) is 11.5 Å². The number of nitrogens with zero attached hydrogens (tertiary/aromatic N) is 3. The van der Waals surface area contributed by atoms with Crippen molar-refractivity contribution in [1.29, 1.82) is 0 Å². The van der Waals surface area contributed by atoms with Crippen LogP contribution in [-0.2, 0) is 0 Å². The first-order chi connectivity index (χ1) is 16.0. The largest absolute Gasteiger partial charge is 0.507 e. The highest BCUT2D eigenvalue weighted by atomic mass is 19.1. The van der Waals surface area contributed by atoms with E-state index < -0.39 is 45.7 Å². The molecule has 3 aliphatic heterocycles. The van der Waals surface area contributed by atoms with Gasteiger partial charge in [0.1, 0.15) is 35.2 Å². The number of amides is 1. The van der Waals surface area contributed by atoms with E-state index in [0.717, 1.165) is 6.07 Å². The lowest BCUT2D eigenvalue weighted by Crippen LogP contribution is -2.55. The molecule has 182 valence electrons. The molecule has 5 rings (SSSR count). The van der Waals surface area contributed by atoms with Gasteiger partial charge in [-0.05, 0) is 32.9 Å². The van der Waals surface area contributed by atoms with E-state index in [-0.39, 0.29) is 36.3 Å². The van der Waals surface area contributed by atoms with E-state index in [0.29, 0.717) is 26.1 Å². The van der Waals surface area contributed by atoms with Gasteiger partial charge in [0, 0.05) is 38.1 Å². The number of nitrogens with one attached hydrogen (secondary N) is 1. The van der Waals surface area contributed by atoms with E-state index in [1.54, 1.807) is 16.7 Å². The maximum atomic E-state index is 15.9. The third kappa shape index (κ3) is 3.56. The van der Waals surface area contributed by atoms with Crippen molar-refractivity contribution >= 4 is 11.7 Å². The summed E-state index contributed by atoms with van der Waals surface area (Å²) in [5.41, 5.74) is -2.64. The summed E-state index contributed by atoms with van der Waals surface area (Å²) < 4.78 is 36.6. The van der Waals surface area contributed by atoms with Gasteiger partial charge < -0.3 is 30.1 Å². The van der Waals surface area contributed by atoms with Gasteiger partial charge in [-0.25, -0.2) is 13.8 Å². The first-order valence-electron chi connectivity index (χ1n) is 11.4. The molecular formula is C24H28F2N4O4. The number of ether oxygens (including phenoxy) is 1. The van der Waals surface area contributed by atoms with Gasteiger partial charge in [0.25, 0.3) is 5.91 Å². The molecule has 0 spiro atoms. The van der Waals surface area contributed by atoms with Crippen molar-refractivity contribution in [3.63, 3.8) is 0 Å². The van der Waals surface area contributed by atoms with Gasteiger partial charge in [0.05, 0.1) is 17.2 Å². The number of carbonyl (C=O) groups excluding carboxylic acids is 1. The number of hydrogen-bond donors (Lipinski definition) is 3. The van der Waals surface area contributed by atoms with Crippen LogP contribution in [-0.4, -0.2) is 76.0 Å². The van der Waals surface area contributed by atoms with Gasteiger partial charge in [-0.15, -0.1) is 0 Å². The molecule has 0 bridgehead atoms. The lowest BCUT2D eigenvalue weighted by Gasteiger charge is -2.36. The van der Waals surface area contributed by atoms with E-state index >= 15 is 4.39 Å². The van der Waals surface area contributed by atoms with Gasteiger partial charge in [0.15, 0.2) is 11.6 Å². The molecule has 10 heteroatoms. The van der Waals surface area contributed by atoms with Crippen LogP contribution < -0.4 is 15.0 Å². The quantitative estimate of drug-likeness (QED) is 0.614. The molecular weight excluding hydrogens is 446 g/mol. The van der Waals surface area contributed by atoms with E-state index in [1.165, 1.54) is 12.1 Å². The SMILES string of the molecule is CC1(O)CN(c2nc(-c3c(O)cccc3F)c(F)c3c2C(=O)N2CCNCC2CO3)C(C)(C)C1. The molecule has 0 saturated carbocycles. The fraction of sp³-hybridized carbons (Fsp3) is 0.500. The summed E-state index contributed by atoms with van der Waals surface area (Å²) in [5, 5.41) is 24.4. The summed E-state index contributed by atoms with van der Waals surface area (Å²) >= 11 is 0. The fourth-order valence-electron chi connectivity index (χ4n) is 5.47. The Bertz CT molecular complexity index is 1150. The van der Waals surface area contributed by atoms with Crippen LogP contribution in [0.1, 0.15) is 37.6 Å². The fourth-order valence-corrected chi connectivity index (χ4v) is 5.47. The molecule has 1 aromatic carbocycles. The number of rotatable bonds is 2. The number of anilines is 1. The number of pyridine rings is 1. The summed E-state index contributed by atoms with van der Waals surface area (Å²) in [6.07, 6.45) is 0.374. The summed E-state index contributed by atoms with van der Waals surface area (Å²) in [7, 11) is 0. The van der Waals surface area contributed by atoms with E-state index in [2.05, 4.69) is 10.3 Å². The molecule has 2 fully saturated rings. The number of β-amino-alcohol motifs (C(OH)–C–C–N with tert-alkyl or cyclic N) is 1. The van der Waals surface area contributed by atoms with Gasteiger partial charge in [-0.1, -0.05) is 6.07 Å². The molecule has 3 N–H and O–H groups in total. The average molecular weight is 475 g/mol. The van der Waals surface area contributed by atoms with Crippen LogP contribution >= 0.6 is 0 Å². The molecule has 3 aliphatic rings. The number of benzene rings is 1. The van der Waals surface area contributed by atoms with Crippen LogP contribution in [0.4, 0.5) is 14.6 Å². The lowest BCUT2D eigenvalue weighted by atomic mass is 9.94. The number of aliphatic hydroxyl groups is 1. The number of piperazine rings is 1. The van der Waals surface area contributed by atoms with Crippen molar-refractivity contribution in [1.82, 2.24) is 15.2 Å². The number of hydrogen-bond acceptors (Lipinski definition) is 7. The molecule has 0 radical (unpaired) electrons. The van der Waals surface area contributed by atoms with Gasteiger partial charge >= 0.3 is 0 Å². The van der Waals surface area contributed by atoms with E-state index in [1.807, 2.05) is 13.8 Å². The van der Waals surface area contributed by atoms with Crippen molar-refractivity contribution < 1.29 is 28.5 Å². The summed E-state index contributed by atoms with van der Waals surface area (Å²) in [6, 6.07) is 3.35. The zero-order valence-electron chi connectivity index (χ0n) is 19.4. The number of fused-ring (bicyclic) bond motifs is 2. The molecule has 0 aliphatic carbocycles. The van der Waals surface area contributed by atoms with Crippen molar-refractivity contribution in [2.75, 3.05) is 37.7 Å². The van der Waals surface area contributed by atoms with E-state index in [4.69, 9.17) is 4.74 Å². The number of halogens is 2. The molecule has 1 aromatic heterocycles. The minimum absolute atomic E-state index is 0.0488. The summed E-state index contributed by atoms with van der Waals surface area (Å²) in [6.45, 7) is 7.16. The highest BCUT2D eigenvalue weighted by Gasteiger charge is 2.48. The lowest BCUT2D eigenvalue weighted by molar-refractivity contribution is 0.0605. The maximum absolute atomic E-state index is 15.9. The number of aromatic nitrogens is 1. The second-order valence-electron chi connectivity index (χ2n) is 10.2. The molecule has 4 heterocycles. The van der Waals surface area contributed by atoms with Crippen molar-refractivity contribution in [3.8, 4) is 22.8 Å². The Morgan fingerprint density at radius 3 is 2.68 bits per heavy atom. The summed E-state index contributed by atoms with van der Waals surface area (Å²) in [4.78, 5) is 21.6. The predicted octanol–water partition coefficient (Wildman–Crippen LogP) is 2.28. The third-order valence-corrected chi connectivity index (χ3v) is 6.85. The van der Waals surface area contributed by atoms with Crippen LogP contribution in [0.2, 0.25) is 0 Å². The van der Waals surface area contributed by atoms with Crippen LogP contribution in [0.15, 0.2) is 18.2 Å². The predicted molar refractivity (Wildman–Crippen MR) is 121 cm³/mol. The van der Waals surface area contributed by atoms with Crippen molar-refractivity contribution in [2.24, 2.45) is 0 Å². The Balaban J connectivity index is 1.79. The molecule has 34 heavy (non-hydrogen) atoms. The smallest absolute Gasteiger partial charge is 0.261 e. The zero-order valence-corrected chi connectivity index (χ0v) is 19.4. The highest BCUT2D eigenvalue weighted by Crippen LogP contribution is 2.46. The Labute approximate surface area is 196 Å². The Morgan fingerprint density at radius 1 is 1.24 bits per heavy atom. The minimum Gasteiger partial charge on any atom is -0.507 e. The molecule has 1 amide bonds. The molecule has 8 nitrogen and oxygen atoms in total. The second kappa shape index (κ2) is 7.78. The van der Waals surface area contributed by atoms with Gasteiger partial charge in [-0.2, -0.15) is 0 Å². The summed E-state index contributed by atoms with van der Waals surface area (Å²) in [5.74, 6) is -2.99. The Morgan fingerprint density at radius 2 is 2.00 bits per heavy atom.